The van der Waals surface area contributed by atoms with E-state index in [1.165, 1.54) is 12.1 Å². The van der Waals surface area contributed by atoms with E-state index in [2.05, 4.69) is 16.0 Å². The summed E-state index contributed by atoms with van der Waals surface area (Å²) >= 11 is 5.90. The maximum atomic E-state index is 13.7. The zero-order valence-electron chi connectivity index (χ0n) is 25.0. The quantitative estimate of drug-likeness (QED) is 0.121. The number of amides is 3. The smallest absolute Gasteiger partial charge is 0.325 e. The Morgan fingerprint density at radius 3 is 2.42 bits per heavy atom. The number of carbonyl (C=O) groups is 4. The van der Waals surface area contributed by atoms with Crippen molar-refractivity contribution in [2.24, 2.45) is 5.92 Å². The molecule has 3 amide bonds. The first-order valence-corrected chi connectivity index (χ1v) is 15.2. The van der Waals surface area contributed by atoms with Gasteiger partial charge in [0, 0.05) is 11.6 Å². The van der Waals surface area contributed by atoms with Crippen LogP contribution in [0.4, 0.5) is 5.69 Å². The Morgan fingerprint density at radius 2 is 1.76 bits per heavy atom. The summed E-state index contributed by atoms with van der Waals surface area (Å²) in [7, 11) is 0. The first kappa shape index (κ1) is 35.4. The van der Waals surface area contributed by atoms with Gasteiger partial charge >= 0.3 is 5.97 Å². The monoisotopic (exact) mass is 646 g/mol. The first-order valence-electron chi connectivity index (χ1n) is 14.9. The lowest BCUT2D eigenvalue weighted by Gasteiger charge is -2.29. The van der Waals surface area contributed by atoms with Gasteiger partial charge in [0.15, 0.2) is 6.10 Å². The molecule has 2 aromatic carbocycles. The summed E-state index contributed by atoms with van der Waals surface area (Å²) in [6.07, 6.45) is 3.20. The Labute approximate surface area is 266 Å². The van der Waals surface area contributed by atoms with E-state index in [0.717, 1.165) is 43.7 Å². The lowest BCUT2D eigenvalue weighted by atomic mass is 9.84. The molecule has 1 saturated carbocycles. The summed E-state index contributed by atoms with van der Waals surface area (Å²) in [5.74, 6) is -2.91. The molecule has 3 atom stereocenters. The van der Waals surface area contributed by atoms with Crippen LogP contribution in [-0.2, 0) is 30.5 Å². The predicted molar refractivity (Wildman–Crippen MR) is 164 cm³/mol. The molecule has 0 saturated heterocycles. The van der Waals surface area contributed by atoms with Crippen LogP contribution in [0.1, 0.15) is 61.4 Å². The van der Waals surface area contributed by atoms with E-state index in [1.807, 2.05) is 30.3 Å². The second kappa shape index (κ2) is 18.0. The third-order valence-corrected chi connectivity index (χ3v) is 7.74. The van der Waals surface area contributed by atoms with Crippen molar-refractivity contribution >= 4 is 41.0 Å². The number of aliphatic hydroxyl groups excluding tert-OH is 1. The Kier molecular flexibility index (Phi) is 14.2. The summed E-state index contributed by atoms with van der Waals surface area (Å²) in [5.41, 5.74) is 0.308. The molecule has 4 N–H and O–H groups in total. The number of rotatable bonds is 16. The zero-order chi connectivity index (χ0) is 32.8. The number of nitro benzene ring substituents is 1. The number of esters is 1. The van der Waals surface area contributed by atoms with Crippen LogP contribution in [0.15, 0.2) is 48.5 Å². The highest BCUT2D eigenvalue weighted by atomic mass is 35.5. The topological polar surface area (TPSA) is 186 Å². The Hall–Kier alpha value is -4.07. The largest absolute Gasteiger partial charge is 0.465 e. The van der Waals surface area contributed by atoms with Crippen LogP contribution in [0, 0.1) is 16.0 Å². The third-order valence-electron chi connectivity index (χ3n) is 7.42. The third kappa shape index (κ3) is 11.4. The van der Waals surface area contributed by atoms with Gasteiger partial charge < -0.3 is 30.5 Å². The molecule has 13 nitrogen and oxygen atoms in total. The van der Waals surface area contributed by atoms with Crippen LogP contribution >= 0.6 is 11.6 Å². The summed E-state index contributed by atoms with van der Waals surface area (Å²) in [5, 5.41) is 29.7. The second-order valence-corrected chi connectivity index (χ2v) is 11.2. The number of hydrogen-bond acceptors (Lipinski definition) is 9. The minimum absolute atomic E-state index is 0.0614. The van der Waals surface area contributed by atoms with Crippen molar-refractivity contribution in [1.82, 2.24) is 16.0 Å². The van der Waals surface area contributed by atoms with Crippen LogP contribution in [0.3, 0.4) is 0 Å². The van der Waals surface area contributed by atoms with Crippen molar-refractivity contribution in [3.63, 3.8) is 0 Å². The average molecular weight is 647 g/mol. The molecule has 0 bridgehead atoms. The van der Waals surface area contributed by atoms with E-state index >= 15 is 0 Å². The minimum Gasteiger partial charge on any atom is -0.465 e. The zero-order valence-corrected chi connectivity index (χ0v) is 25.8. The number of nitrogens with one attached hydrogen (secondary N) is 3. The van der Waals surface area contributed by atoms with Crippen LogP contribution in [0.2, 0.25) is 5.02 Å². The van der Waals surface area contributed by atoms with Crippen LogP contribution in [0.5, 0.6) is 0 Å². The molecule has 1 fully saturated rings. The van der Waals surface area contributed by atoms with Crippen molar-refractivity contribution in [1.29, 1.82) is 0 Å². The SMILES string of the molecule is CCOC(=O)CNC(=O)C(O)[C@H](COCc1ccccc1)NC(=O)[C@H](CC1CCCCC1)NC(=O)c1ccc(Cl)c([N+](=O)[O-])c1. The number of ether oxygens (including phenoxy) is 2. The van der Waals surface area contributed by atoms with Gasteiger partial charge in [0.05, 0.1) is 30.8 Å². The fraction of sp³-hybridized carbons (Fsp3) is 0.484. The van der Waals surface area contributed by atoms with Gasteiger partial charge in [0.25, 0.3) is 17.5 Å². The molecule has 0 aliphatic heterocycles. The number of nitro groups is 1. The van der Waals surface area contributed by atoms with E-state index in [4.69, 9.17) is 21.1 Å². The molecule has 1 aliphatic carbocycles. The van der Waals surface area contributed by atoms with Crippen molar-refractivity contribution in [3.05, 3.63) is 74.8 Å². The fourth-order valence-electron chi connectivity index (χ4n) is 5.05. The maximum Gasteiger partial charge on any atom is 0.325 e. The first-order chi connectivity index (χ1) is 21.6. The van der Waals surface area contributed by atoms with Crippen molar-refractivity contribution < 1.29 is 38.7 Å². The molecule has 0 radical (unpaired) electrons. The van der Waals surface area contributed by atoms with E-state index in [0.29, 0.717) is 0 Å². The summed E-state index contributed by atoms with van der Waals surface area (Å²) in [6, 6.07) is 10.4. The summed E-state index contributed by atoms with van der Waals surface area (Å²) < 4.78 is 10.5. The average Bonchev–Trinajstić information content (AvgIpc) is 3.03. The minimum atomic E-state index is -1.82. The van der Waals surface area contributed by atoms with Gasteiger partial charge in [-0.25, -0.2) is 0 Å². The van der Waals surface area contributed by atoms with E-state index in [9.17, 15) is 34.4 Å². The summed E-state index contributed by atoms with van der Waals surface area (Å²) in [6.45, 7) is 1.09. The van der Waals surface area contributed by atoms with Gasteiger partial charge in [0.1, 0.15) is 17.6 Å². The molecule has 244 valence electrons. The molecule has 2 aromatic rings. The van der Waals surface area contributed by atoms with Gasteiger partial charge in [-0.15, -0.1) is 0 Å². The highest BCUT2D eigenvalue weighted by Crippen LogP contribution is 2.28. The molecular weight excluding hydrogens is 608 g/mol. The molecule has 1 aliphatic rings. The van der Waals surface area contributed by atoms with Gasteiger partial charge in [-0.3, -0.25) is 29.3 Å². The molecule has 0 aromatic heterocycles. The van der Waals surface area contributed by atoms with Crippen molar-refractivity contribution in [3.8, 4) is 0 Å². The molecule has 0 spiro atoms. The normalized spacial score (nSPS) is 15.3. The number of benzene rings is 2. The molecule has 3 rings (SSSR count). The number of hydrogen-bond donors (Lipinski definition) is 4. The second-order valence-electron chi connectivity index (χ2n) is 10.8. The van der Waals surface area contributed by atoms with Gasteiger partial charge in [-0.1, -0.05) is 74.0 Å². The van der Waals surface area contributed by atoms with Crippen LogP contribution in [0.25, 0.3) is 0 Å². The van der Waals surface area contributed by atoms with Crippen molar-refractivity contribution in [2.45, 2.75) is 70.2 Å². The maximum absolute atomic E-state index is 13.7. The Morgan fingerprint density at radius 1 is 1.04 bits per heavy atom. The predicted octanol–water partition coefficient (Wildman–Crippen LogP) is 3.06. The number of aliphatic hydroxyl groups is 1. The number of halogens is 1. The fourth-order valence-corrected chi connectivity index (χ4v) is 5.24. The van der Waals surface area contributed by atoms with E-state index < -0.39 is 59.0 Å². The molecule has 1 unspecified atom stereocenters. The molecule has 45 heavy (non-hydrogen) atoms. The number of nitrogens with zero attached hydrogens (tertiary/aromatic N) is 1. The van der Waals surface area contributed by atoms with Crippen LogP contribution < -0.4 is 16.0 Å². The number of carbonyl (C=O) groups excluding carboxylic acids is 4. The molecular formula is C31H39ClN4O9. The standard InChI is InChI=1S/C31H39ClN4O9/c1-2-45-27(37)17-33-31(41)28(38)25(19-44-18-21-11-7-4-8-12-21)35-30(40)24(15-20-9-5-3-6-10-20)34-29(39)22-13-14-23(32)26(16-22)36(42)43/h4,7-8,11-14,16,20,24-25,28,38H,2-3,5-6,9-10,15,17-19H2,1H3,(H,33,41)(H,34,39)(H,35,40)/t24-,25-,28?/m0/s1. The highest BCUT2D eigenvalue weighted by molar-refractivity contribution is 6.32. The molecule has 0 heterocycles. The van der Waals surface area contributed by atoms with E-state index in [1.54, 1.807) is 6.92 Å². The van der Waals surface area contributed by atoms with Gasteiger partial charge in [0.2, 0.25) is 5.91 Å². The Bertz CT molecular complexity index is 1320. The summed E-state index contributed by atoms with van der Waals surface area (Å²) in [4.78, 5) is 62.0. The van der Waals surface area contributed by atoms with Crippen molar-refractivity contribution in [2.75, 3.05) is 19.8 Å². The van der Waals surface area contributed by atoms with Gasteiger partial charge in [-0.2, -0.15) is 0 Å². The Balaban J connectivity index is 1.79. The van der Waals surface area contributed by atoms with Gasteiger partial charge in [-0.05, 0) is 37.0 Å². The molecule has 14 heteroatoms. The lowest BCUT2D eigenvalue weighted by Crippen LogP contribution is -2.57. The lowest BCUT2D eigenvalue weighted by molar-refractivity contribution is -0.384. The van der Waals surface area contributed by atoms with Crippen LogP contribution in [-0.4, -0.2) is 71.7 Å². The highest BCUT2D eigenvalue weighted by Gasteiger charge is 2.33. The van der Waals surface area contributed by atoms with E-state index in [-0.39, 0.29) is 42.7 Å².